The Hall–Kier alpha value is -5.93. The third-order valence-electron chi connectivity index (χ3n) is 10.8. The molecule has 0 amide bonds. The van der Waals surface area contributed by atoms with Crippen molar-refractivity contribution in [2.45, 2.75) is 77.0 Å². The van der Waals surface area contributed by atoms with Crippen LogP contribution in [0.15, 0.2) is 99.5 Å². The number of rotatable bonds is 10. The van der Waals surface area contributed by atoms with Crippen molar-refractivity contribution in [3.05, 3.63) is 140 Å². The molecule has 0 bridgehead atoms. The lowest BCUT2D eigenvalue weighted by atomic mass is 9.72. The molecule has 12 nitrogen and oxygen atoms in total. The Morgan fingerprint density at radius 2 is 1.38 bits per heavy atom. The Morgan fingerprint density at radius 3 is 2.00 bits per heavy atom. The van der Waals surface area contributed by atoms with Gasteiger partial charge in [0.15, 0.2) is 17.3 Å². The Kier molecular flexibility index (Phi) is 10.3. The lowest BCUT2D eigenvalue weighted by molar-refractivity contribution is 0.102. The number of nitrogens with one attached hydrogen (secondary N) is 2. The van der Waals surface area contributed by atoms with Gasteiger partial charge in [0.05, 0.1) is 22.3 Å². The number of aromatic nitrogens is 1. The van der Waals surface area contributed by atoms with E-state index in [2.05, 4.69) is 31.1 Å². The van der Waals surface area contributed by atoms with Crippen LogP contribution in [0.25, 0.3) is 22.0 Å². The summed E-state index contributed by atoms with van der Waals surface area (Å²) in [6.07, 6.45) is 0.660. The predicted octanol–water partition coefficient (Wildman–Crippen LogP) is 9.64. The summed E-state index contributed by atoms with van der Waals surface area (Å²) in [5, 5.41) is 3.30. The fraction of sp³-hybridized carbons (Fsp3) is 0.239. The number of pyridine rings is 1. The van der Waals surface area contributed by atoms with Gasteiger partial charge in [-0.15, -0.1) is 0 Å². The predicted molar refractivity (Wildman–Crippen MR) is 230 cm³/mol. The van der Waals surface area contributed by atoms with Crippen LogP contribution in [0.3, 0.4) is 0 Å². The summed E-state index contributed by atoms with van der Waals surface area (Å²) in [5.41, 5.74) is 0.780. The minimum atomic E-state index is -4.93. The van der Waals surface area contributed by atoms with Crippen molar-refractivity contribution in [1.82, 2.24) is 4.98 Å². The van der Waals surface area contributed by atoms with Crippen LogP contribution in [0.2, 0.25) is 0 Å². The summed E-state index contributed by atoms with van der Waals surface area (Å²) < 4.78 is 78.7. The van der Waals surface area contributed by atoms with Crippen LogP contribution in [0.4, 0.5) is 11.4 Å². The van der Waals surface area contributed by atoms with E-state index < -0.39 is 47.7 Å². The molecule has 1 aromatic heterocycles. The third kappa shape index (κ3) is 7.56. The van der Waals surface area contributed by atoms with E-state index in [0.29, 0.717) is 17.5 Å². The van der Waals surface area contributed by atoms with Crippen molar-refractivity contribution < 1.29 is 40.3 Å². The highest BCUT2D eigenvalue weighted by Crippen LogP contribution is 2.49. The monoisotopic (exact) mass is 848 g/mol. The number of fused-ring (bicyclic) bond motifs is 2. The molecule has 1 heterocycles. The number of ketones is 2. The molecule has 5 aromatic carbocycles. The number of carbonyl (C=O) groups is 2. The number of anilines is 2. The SMILES string of the molecule is Cc1cc(C)c(S(=O)(=O)O)c(C)c1Nc1cc(Oc2ccc(C(C)(C)CC(C)(C)C)cc2S(=O)(=O)O)c2[nH]c(=O)c(C(=O)c3ccccc3)c3c2c1C(=O)c1ccccc1-3. The minimum Gasteiger partial charge on any atom is -0.454 e. The van der Waals surface area contributed by atoms with Crippen molar-refractivity contribution in [1.29, 1.82) is 0 Å². The summed E-state index contributed by atoms with van der Waals surface area (Å²) in [7, 11) is -9.65. The third-order valence-corrected chi connectivity index (χ3v) is 12.8. The highest BCUT2D eigenvalue weighted by atomic mass is 32.2. The molecule has 4 N–H and O–H groups in total. The van der Waals surface area contributed by atoms with Crippen LogP contribution in [0.5, 0.6) is 11.5 Å². The van der Waals surface area contributed by atoms with Crippen LogP contribution in [-0.4, -0.2) is 42.5 Å². The number of benzene rings is 5. The first-order valence-corrected chi connectivity index (χ1v) is 21.9. The van der Waals surface area contributed by atoms with E-state index in [9.17, 15) is 40.3 Å². The fourth-order valence-electron chi connectivity index (χ4n) is 8.77. The van der Waals surface area contributed by atoms with Crippen molar-refractivity contribution in [3.8, 4) is 22.6 Å². The molecule has 0 aliphatic heterocycles. The lowest BCUT2D eigenvalue weighted by Crippen LogP contribution is -2.25. The van der Waals surface area contributed by atoms with Gasteiger partial charge < -0.3 is 15.0 Å². The van der Waals surface area contributed by atoms with E-state index in [1.807, 2.05) is 13.8 Å². The summed E-state index contributed by atoms with van der Waals surface area (Å²) in [5.74, 6) is -1.62. The molecule has 0 unspecified atom stereocenters. The van der Waals surface area contributed by atoms with Crippen LogP contribution in [0.1, 0.15) is 95.1 Å². The van der Waals surface area contributed by atoms with E-state index in [4.69, 9.17) is 4.74 Å². The zero-order valence-electron chi connectivity index (χ0n) is 34.3. The molecule has 310 valence electrons. The number of carbonyl (C=O) groups excluding carboxylic acids is 2. The molecule has 0 fully saturated rings. The number of aromatic amines is 1. The molecule has 60 heavy (non-hydrogen) atoms. The summed E-state index contributed by atoms with van der Waals surface area (Å²) in [6, 6.07) is 22.0. The van der Waals surface area contributed by atoms with Gasteiger partial charge in [-0.3, -0.25) is 23.5 Å². The maximum Gasteiger partial charge on any atom is 0.298 e. The number of H-pyrrole nitrogens is 1. The summed E-state index contributed by atoms with van der Waals surface area (Å²) in [6.45, 7) is 14.8. The van der Waals surface area contributed by atoms with Gasteiger partial charge in [-0.25, -0.2) is 0 Å². The van der Waals surface area contributed by atoms with Gasteiger partial charge >= 0.3 is 0 Å². The molecule has 0 saturated heterocycles. The first kappa shape index (κ1) is 42.2. The smallest absolute Gasteiger partial charge is 0.298 e. The van der Waals surface area contributed by atoms with Crippen LogP contribution in [-0.2, 0) is 25.7 Å². The standard InChI is InChI=1S/C46H44N2O10S2/c1-24-20-25(2)43(60(55,56)57)26(3)39(24)47-31-22-33(58-32-19-18-28(21-34(32)59(52,53)54)46(7,8)23-45(4,5)6)40-37-35(29-16-12-13-17-30(29)42(50)36(31)37)38(44(51)48-40)41(49)27-14-10-9-11-15-27/h9-22,47H,23H2,1-8H3,(H,48,51)(H,52,53,54)(H,55,56,57). The lowest BCUT2D eigenvalue weighted by Gasteiger charge is -2.33. The maximum absolute atomic E-state index is 14.8. The number of hydrogen-bond acceptors (Lipinski definition) is 9. The van der Waals surface area contributed by atoms with Crippen LogP contribution in [0, 0.1) is 26.2 Å². The Balaban J connectivity index is 1.58. The first-order valence-electron chi connectivity index (χ1n) is 19.0. The average molecular weight is 849 g/mol. The summed E-state index contributed by atoms with van der Waals surface area (Å²) >= 11 is 0. The second-order valence-electron chi connectivity index (χ2n) is 17.1. The van der Waals surface area contributed by atoms with Crippen molar-refractivity contribution in [2.24, 2.45) is 5.41 Å². The Labute approximate surface area is 348 Å². The molecule has 0 saturated carbocycles. The van der Waals surface area contributed by atoms with Gasteiger partial charge in [-0.2, -0.15) is 16.8 Å². The first-order chi connectivity index (χ1) is 27.9. The van der Waals surface area contributed by atoms with Gasteiger partial charge in [0.1, 0.15) is 15.5 Å². The molecule has 14 heteroatoms. The van der Waals surface area contributed by atoms with Crippen LogP contribution >= 0.6 is 0 Å². The van der Waals surface area contributed by atoms with Gasteiger partial charge in [-0.1, -0.05) is 101 Å². The quantitative estimate of drug-likeness (QED) is 0.0755. The van der Waals surface area contributed by atoms with E-state index >= 15 is 0 Å². The van der Waals surface area contributed by atoms with Crippen molar-refractivity contribution >= 4 is 54.1 Å². The number of ether oxygens (including phenoxy) is 1. The Morgan fingerprint density at radius 1 is 0.750 bits per heavy atom. The largest absolute Gasteiger partial charge is 0.454 e. The van der Waals surface area contributed by atoms with E-state index in [0.717, 1.165) is 0 Å². The normalized spacial score (nSPS) is 13.0. The molecule has 0 atom stereocenters. The highest BCUT2D eigenvalue weighted by Gasteiger charge is 2.36. The molecule has 1 aliphatic rings. The second kappa shape index (κ2) is 14.7. The summed E-state index contributed by atoms with van der Waals surface area (Å²) in [4.78, 5) is 45.3. The molecule has 7 rings (SSSR count). The highest BCUT2D eigenvalue weighted by molar-refractivity contribution is 7.86. The van der Waals surface area contributed by atoms with Gasteiger partial charge in [0.2, 0.25) is 0 Å². The molecular formula is C46H44N2O10S2. The fourth-order valence-corrected chi connectivity index (χ4v) is 10.4. The molecule has 1 aliphatic carbocycles. The van der Waals surface area contributed by atoms with E-state index in [-0.39, 0.29) is 88.6 Å². The zero-order chi connectivity index (χ0) is 43.9. The second-order valence-corrected chi connectivity index (χ2v) is 19.9. The zero-order valence-corrected chi connectivity index (χ0v) is 35.9. The van der Waals surface area contributed by atoms with E-state index in [1.54, 1.807) is 73.7 Å². The van der Waals surface area contributed by atoms with Crippen molar-refractivity contribution in [3.63, 3.8) is 0 Å². The minimum absolute atomic E-state index is 0.00790. The molecular weight excluding hydrogens is 805 g/mol. The molecule has 0 radical (unpaired) electrons. The van der Waals surface area contributed by atoms with Gasteiger partial charge in [0, 0.05) is 33.8 Å². The Bertz CT molecular complexity index is 3110. The average Bonchev–Trinajstić information content (AvgIpc) is 3.14. The van der Waals surface area contributed by atoms with E-state index in [1.165, 1.54) is 32.0 Å². The maximum atomic E-state index is 14.8. The van der Waals surface area contributed by atoms with Gasteiger partial charge in [0.25, 0.3) is 25.8 Å². The van der Waals surface area contributed by atoms with Crippen molar-refractivity contribution in [2.75, 3.05) is 5.32 Å². The topological polar surface area (TPSA) is 197 Å². The number of aryl methyl sites for hydroxylation is 2. The number of hydrogen-bond donors (Lipinski definition) is 4. The molecule has 6 aromatic rings. The molecule has 0 spiro atoms. The van der Waals surface area contributed by atoms with Crippen LogP contribution < -0.4 is 15.6 Å². The van der Waals surface area contributed by atoms with Gasteiger partial charge in [-0.05, 0) is 78.0 Å².